The van der Waals surface area contributed by atoms with Crippen LogP contribution in [0, 0.1) is 35.5 Å². The quantitative estimate of drug-likeness (QED) is 0.901. The molecular weight excluding hydrogens is 336 g/mol. The first-order chi connectivity index (χ1) is 13.2. The second-order valence-corrected chi connectivity index (χ2v) is 8.20. The number of hydrogen-bond donors (Lipinski definition) is 1. The molecule has 6 atom stereocenters. The molecule has 3 saturated carbocycles. The summed E-state index contributed by atoms with van der Waals surface area (Å²) in [5.41, 5.74) is 1.70. The molecular formula is C23H24N2O2. The van der Waals surface area contributed by atoms with Gasteiger partial charge in [-0.25, -0.2) is 0 Å². The molecule has 4 nitrogen and oxygen atoms in total. The van der Waals surface area contributed by atoms with Crippen LogP contribution in [-0.4, -0.2) is 18.9 Å². The van der Waals surface area contributed by atoms with Crippen LogP contribution in [0.15, 0.2) is 60.7 Å². The largest absolute Gasteiger partial charge is 0.326 e. The Labute approximate surface area is 159 Å². The van der Waals surface area contributed by atoms with Crippen LogP contribution < -0.4 is 10.2 Å². The Kier molecular flexibility index (Phi) is 3.81. The van der Waals surface area contributed by atoms with Crippen LogP contribution >= 0.6 is 0 Å². The summed E-state index contributed by atoms with van der Waals surface area (Å²) in [6.07, 6.45) is 2.26. The molecule has 3 aliphatic rings. The van der Waals surface area contributed by atoms with Crippen molar-refractivity contribution in [2.24, 2.45) is 35.5 Å². The second kappa shape index (κ2) is 6.22. The Balaban J connectivity index is 1.41. The number of carbonyl (C=O) groups excluding carboxylic acids is 2. The summed E-state index contributed by atoms with van der Waals surface area (Å²) in [7, 11) is 1.83. The van der Waals surface area contributed by atoms with Crippen molar-refractivity contribution in [3.63, 3.8) is 0 Å². The number of carbonyl (C=O) groups is 2. The van der Waals surface area contributed by atoms with Crippen LogP contribution in [0.2, 0.25) is 0 Å². The minimum absolute atomic E-state index is 0.0166. The van der Waals surface area contributed by atoms with Crippen molar-refractivity contribution in [3.8, 4) is 0 Å². The van der Waals surface area contributed by atoms with Crippen molar-refractivity contribution in [2.75, 3.05) is 17.3 Å². The van der Waals surface area contributed by atoms with Crippen LogP contribution in [0.25, 0.3) is 0 Å². The van der Waals surface area contributed by atoms with E-state index in [0.717, 1.165) is 17.8 Å². The molecule has 2 aromatic carbocycles. The summed E-state index contributed by atoms with van der Waals surface area (Å²) in [5.74, 6) is 1.70. The van der Waals surface area contributed by atoms with Gasteiger partial charge in [0.15, 0.2) is 0 Å². The fourth-order valence-electron chi connectivity index (χ4n) is 5.85. The summed E-state index contributed by atoms with van der Waals surface area (Å²) >= 11 is 0. The number of anilines is 2. The van der Waals surface area contributed by atoms with E-state index in [1.54, 1.807) is 4.90 Å². The minimum atomic E-state index is -0.202. The van der Waals surface area contributed by atoms with Crippen LogP contribution in [0.1, 0.15) is 12.8 Å². The Morgan fingerprint density at radius 3 is 2.19 bits per heavy atom. The third-order valence-corrected chi connectivity index (χ3v) is 6.99. The van der Waals surface area contributed by atoms with E-state index in [1.807, 2.05) is 67.7 Å². The molecule has 0 spiro atoms. The summed E-state index contributed by atoms with van der Waals surface area (Å²) in [6.45, 7) is 0. The highest BCUT2D eigenvalue weighted by molar-refractivity contribution is 6.02. The third-order valence-electron chi connectivity index (χ3n) is 6.99. The van der Waals surface area contributed by atoms with E-state index in [-0.39, 0.29) is 23.7 Å². The molecule has 0 saturated heterocycles. The maximum absolute atomic E-state index is 13.4. The van der Waals surface area contributed by atoms with Gasteiger partial charge in [0.25, 0.3) is 0 Å². The normalized spacial score (nSPS) is 32.6. The Bertz CT molecular complexity index is 866. The first-order valence-electron chi connectivity index (χ1n) is 9.85. The maximum atomic E-state index is 13.4. The standard InChI is InChI=1S/C23H24N2O2/c1-25(15-10-6-3-7-11-15)23(27)20-17-13-12-16-18(17)19(16)21(20)22(26)24-14-8-4-2-5-9-14/h2-11,16-21H,12-13H2,1H3,(H,24,26)/t16-,17+,18?,19+,20?,21?/m0/s1. The zero-order valence-electron chi connectivity index (χ0n) is 15.4. The average Bonchev–Trinajstić information content (AvgIpc) is 3.13. The first-order valence-corrected chi connectivity index (χ1v) is 9.85. The van der Waals surface area contributed by atoms with Gasteiger partial charge in [0.2, 0.25) is 11.8 Å². The Hall–Kier alpha value is -2.62. The van der Waals surface area contributed by atoms with Gasteiger partial charge >= 0.3 is 0 Å². The number of nitrogens with one attached hydrogen (secondary N) is 1. The number of hydrogen-bond acceptors (Lipinski definition) is 2. The summed E-state index contributed by atoms with van der Waals surface area (Å²) in [6, 6.07) is 19.3. The van der Waals surface area contributed by atoms with Crippen molar-refractivity contribution >= 4 is 23.2 Å². The van der Waals surface area contributed by atoms with E-state index in [1.165, 1.54) is 6.42 Å². The number of para-hydroxylation sites is 2. The van der Waals surface area contributed by atoms with Crippen LogP contribution in [0.3, 0.4) is 0 Å². The fourth-order valence-corrected chi connectivity index (χ4v) is 5.85. The highest BCUT2D eigenvalue weighted by Gasteiger charge is 2.72. The van der Waals surface area contributed by atoms with E-state index in [9.17, 15) is 9.59 Å². The van der Waals surface area contributed by atoms with Gasteiger partial charge in [-0.3, -0.25) is 9.59 Å². The van der Waals surface area contributed by atoms with Crippen molar-refractivity contribution in [1.82, 2.24) is 0 Å². The lowest BCUT2D eigenvalue weighted by Crippen LogP contribution is -2.42. The molecule has 27 heavy (non-hydrogen) atoms. The molecule has 138 valence electrons. The lowest BCUT2D eigenvalue weighted by molar-refractivity contribution is -0.131. The van der Waals surface area contributed by atoms with E-state index < -0.39 is 0 Å². The zero-order valence-corrected chi connectivity index (χ0v) is 15.4. The number of amides is 2. The molecule has 0 aromatic heterocycles. The van der Waals surface area contributed by atoms with Crippen molar-refractivity contribution < 1.29 is 9.59 Å². The van der Waals surface area contributed by atoms with Crippen LogP contribution in [-0.2, 0) is 9.59 Å². The van der Waals surface area contributed by atoms with Gasteiger partial charge in [-0.15, -0.1) is 0 Å². The fraction of sp³-hybridized carbons (Fsp3) is 0.391. The summed E-state index contributed by atoms with van der Waals surface area (Å²) in [5, 5.41) is 3.06. The SMILES string of the molecule is CN(C(=O)C1C(C(=O)Nc2ccccc2)[C@H]2C3[C@H]1CC[C@@H]32)c1ccccc1. The minimum Gasteiger partial charge on any atom is -0.326 e. The predicted molar refractivity (Wildman–Crippen MR) is 105 cm³/mol. The van der Waals surface area contributed by atoms with Gasteiger partial charge in [0, 0.05) is 18.4 Å². The average molecular weight is 360 g/mol. The van der Waals surface area contributed by atoms with Gasteiger partial charge in [-0.2, -0.15) is 0 Å². The number of fused-ring (bicyclic) bond motifs is 1. The monoisotopic (exact) mass is 360 g/mol. The first kappa shape index (κ1) is 16.5. The molecule has 0 radical (unpaired) electrons. The van der Waals surface area contributed by atoms with Crippen LogP contribution in [0.5, 0.6) is 0 Å². The van der Waals surface area contributed by atoms with Crippen molar-refractivity contribution in [1.29, 1.82) is 0 Å². The smallest absolute Gasteiger partial charge is 0.230 e. The molecule has 2 amide bonds. The van der Waals surface area contributed by atoms with Gasteiger partial charge in [0.05, 0.1) is 11.8 Å². The molecule has 0 bridgehead atoms. The lowest BCUT2D eigenvalue weighted by atomic mass is 9.83. The predicted octanol–water partition coefficient (Wildman–Crippen LogP) is 3.81. The van der Waals surface area contributed by atoms with E-state index in [2.05, 4.69) is 5.32 Å². The molecule has 4 heteroatoms. The van der Waals surface area contributed by atoms with Gasteiger partial charge in [0.1, 0.15) is 0 Å². The van der Waals surface area contributed by atoms with Crippen LogP contribution in [0.4, 0.5) is 11.4 Å². The Morgan fingerprint density at radius 2 is 1.48 bits per heavy atom. The number of benzene rings is 2. The molecule has 3 aliphatic carbocycles. The summed E-state index contributed by atoms with van der Waals surface area (Å²) < 4.78 is 0. The van der Waals surface area contributed by atoms with Gasteiger partial charge < -0.3 is 10.2 Å². The molecule has 3 fully saturated rings. The second-order valence-electron chi connectivity index (χ2n) is 8.20. The van der Waals surface area contributed by atoms with E-state index in [0.29, 0.717) is 23.7 Å². The molecule has 2 aromatic rings. The zero-order chi connectivity index (χ0) is 18.5. The van der Waals surface area contributed by atoms with Gasteiger partial charge in [-0.05, 0) is 60.8 Å². The van der Waals surface area contributed by atoms with Crippen molar-refractivity contribution in [3.05, 3.63) is 60.7 Å². The van der Waals surface area contributed by atoms with E-state index >= 15 is 0 Å². The summed E-state index contributed by atoms with van der Waals surface area (Å²) in [4.78, 5) is 28.3. The number of rotatable bonds is 4. The number of nitrogens with zero attached hydrogens (tertiary/aromatic N) is 1. The molecule has 5 rings (SSSR count). The molecule has 3 unspecified atom stereocenters. The Morgan fingerprint density at radius 1 is 0.852 bits per heavy atom. The topological polar surface area (TPSA) is 49.4 Å². The highest BCUT2D eigenvalue weighted by Crippen LogP contribution is 2.72. The lowest BCUT2D eigenvalue weighted by Gasteiger charge is -2.29. The molecule has 0 heterocycles. The maximum Gasteiger partial charge on any atom is 0.230 e. The molecule has 0 aliphatic heterocycles. The van der Waals surface area contributed by atoms with Crippen molar-refractivity contribution in [2.45, 2.75) is 12.8 Å². The molecule has 1 N–H and O–H groups in total. The van der Waals surface area contributed by atoms with E-state index in [4.69, 9.17) is 0 Å². The van der Waals surface area contributed by atoms with Gasteiger partial charge in [-0.1, -0.05) is 36.4 Å². The highest BCUT2D eigenvalue weighted by atomic mass is 16.2. The third kappa shape index (κ3) is 2.58.